The summed E-state index contributed by atoms with van der Waals surface area (Å²) in [4.78, 5) is 53.4. The van der Waals surface area contributed by atoms with Gasteiger partial charge in [0.2, 0.25) is 11.8 Å². The Morgan fingerprint density at radius 2 is 0.911 bits per heavy atom. The van der Waals surface area contributed by atoms with Gasteiger partial charge in [-0.3, -0.25) is 19.2 Å². The molecule has 4 aromatic carbocycles. The number of fused-ring (bicyclic) bond motifs is 2. The third-order valence-corrected chi connectivity index (χ3v) is 8.83. The standard InChI is InChI=1S/C44H54N6O6/c1-43(2,3)55-29-15-11-27(12-16-29)25-33(45)41(53)49-23-21-47-35-19-20-36(38-37(35)39(51)31-9-7-8-10-32(31)40(38)52)48-22-24-50-42(54)34(46)26-28-13-17-30(18-14-28)56-44(4,5)6/h7-20,33-34,47-48H,21-26,45-46H2,1-6H3,(H,49,53)(H,50,54)/t33-,34-/m0/s1. The van der Waals surface area contributed by atoms with Crippen molar-refractivity contribution in [3.8, 4) is 11.5 Å². The minimum Gasteiger partial charge on any atom is -0.488 e. The smallest absolute Gasteiger partial charge is 0.237 e. The summed E-state index contributed by atoms with van der Waals surface area (Å²) in [6.07, 6.45) is 0.707. The Balaban J connectivity index is 1.16. The summed E-state index contributed by atoms with van der Waals surface area (Å²) in [7, 11) is 0. The van der Waals surface area contributed by atoms with E-state index >= 15 is 0 Å². The molecule has 12 heteroatoms. The zero-order valence-electron chi connectivity index (χ0n) is 33.1. The maximum absolute atomic E-state index is 13.9. The third-order valence-electron chi connectivity index (χ3n) is 8.83. The van der Waals surface area contributed by atoms with Crippen LogP contribution in [0.25, 0.3) is 0 Å². The Morgan fingerprint density at radius 1 is 0.554 bits per heavy atom. The minimum absolute atomic E-state index is 0.233. The van der Waals surface area contributed by atoms with Gasteiger partial charge in [-0.15, -0.1) is 0 Å². The summed E-state index contributed by atoms with van der Waals surface area (Å²) in [5.74, 6) is 0.290. The molecule has 1 aliphatic carbocycles. The van der Waals surface area contributed by atoms with E-state index in [4.69, 9.17) is 20.9 Å². The van der Waals surface area contributed by atoms with Crippen molar-refractivity contribution in [1.29, 1.82) is 0 Å². The summed E-state index contributed by atoms with van der Waals surface area (Å²) in [6.45, 7) is 12.9. The molecule has 0 heterocycles. The van der Waals surface area contributed by atoms with Gasteiger partial charge >= 0.3 is 0 Å². The number of carbonyl (C=O) groups is 4. The van der Waals surface area contributed by atoms with Gasteiger partial charge in [0.1, 0.15) is 22.7 Å². The molecule has 0 radical (unpaired) electrons. The first-order valence-electron chi connectivity index (χ1n) is 18.9. The van der Waals surface area contributed by atoms with Crippen molar-refractivity contribution in [1.82, 2.24) is 10.6 Å². The van der Waals surface area contributed by atoms with E-state index in [9.17, 15) is 19.2 Å². The summed E-state index contributed by atoms with van der Waals surface area (Å²) in [5, 5.41) is 12.2. The van der Waals surface area contributed by atoms with Crippen molar-refractivity contribution in [2.24, 2.45) is 11.5 Å². The molecule has 2 amide bonds. The Morgan fingerprint density at radius 3 is 1.25 bits per heavy atom. The van der Waals surface area contributed by atoms with Crippen LogP contribution in [0.2, 0.25) is 0 Å². The average Bonchev–Trinajstić information content (AvgIpc) is 3.14. The topological polar surface area (TPSA) is 187 Å². The maximum atomic E-state index is 13.9. The number of hydrogen-bond acceptors (Lipinski definition) is 10. The first-order valence-corrected chi connectivity index (χ1v) is 18.9. The Hall–Kier alpha value is -5.72. The van der Waals surface area contributed by atoms with E-state index in [-0.39, 0.29) is 71.9 Å². The van der Waals surface area contributed by atoms with Gasteiger partial charge in [-0.25, -0.2) is 0 Å². The Labute approximate surface area is 329 Å². The van der Waals surface area contributed by atoms with Crippen LogP contribution in [0.5, 0.6) is 11.5 Å². The molecule has 56 heavy (non-hydrogen) atoms. The summed E-state index contributed by atoms with van der Waals surface area (Å²) < 4.78 is 11.7. The average molecular weight is 763 g/mol. The molecule has 2 atom stereocenters. The van der Waals surface area contributed by atoms with Gasteiger partial charge < -0.3 is 42.2 Å². The fourth-order valence-corrected chi connectivity index (χ4v) is 6.33. The molecule has 5 rings (SSSR count). The Bertz CT molecular complexity index is 1890. The van der Waals surface area contributed by atoms with Crippen LogP contribution < -0.4 is 42.2 Å². The number of ketones is 2. The van der Waals surface area contributed by atoms with E-state index in [0.29, 0.717) is 35.3 Å². The van der Waals surface area contributed by atoms with Crippen LogP contribution >= 0.6 is 0 Å². The van der Waals surface area contributed by atoms with Gasteiger partial charge in [0.05, 0.1) is 23.2 Å². The number of nitrogens with two attached hydrogens (primary N) is 2. The molecule has 296 valence electrons. The molecule has 0 bridgehead atoms. The van der Waals surface area contributed by atoms with E-state index in [2.05, 4.69) is 21.3 Å². The zero-order chi connectivity index (χ0) is 40.6. The van der Waals surface area contributed by atoms with Crippen LogP contribution in [0.3, 0.4) is 0 Å². The first-order chi connectivity index (χ1) is 26.5. The van der Waals surface area contributed by atoms with Crippen LogP contribution in [0.1, 0.15) is 84.5 Å². The number of amides is 2. The largest absolute Gasteiger partial charge is 0.488 e. The molecule has 0 aliphatic heterocycles. The summed E-state index contributed by atoms with van der Waals surface area (Å²) in [5.41, 5.74) is 15.7. The second kappa shape index (κ2) is 17.8. The number of hydrogen-bond donors (Lipinski definition) is 6. The SMILES string of the molecule is CC(C)(C)Oc1ccc(C[C@H](N)C(=O)NCCNc2ccc(NCCNC(=O)[C@@H](N)Cc3ccc(OC(C)(C)C)cc3)c3c2C(=O)c2ccccc2C3=O)cc1. The molecule has 0 fully saturated rings. The van der Waals surface area contributed by atoms with Crippen molar-refractivity contribution in [2.45, 2.75) is 77.7 Å². The normalized spacial score (nSPS) is 13.5. The fraction of sp³-hybridized carbons (Fsp3) is 0.364. The molecule has 0 saturated heterocycles. The van der Waals surface area contributed by atoms with Crippen molar-refractivity contribution < 1.29 is 28.7 Å². The fourth-order valence-electron chi connectivity index (χ4n) is 6.33. The highest BCUT2D eigenvalue weighted by atomic mass is 16.5. The van der Waals surface area contributed by atoms with Gasteiger partial charge in [-0.1, -0.05) is 48.5 Å². The van der Waals surface area contributed by atoms with Crippen molar-refractivity contribution in [3.63, 3.8) is 0 Å². The van der Waals surface area contributed by atoms with Crippen molar-refractivity contribution >= 4 is 34.8 Å². The molecular formula is C44H54N6O6. The highest BCUT2D eigenvalue weighted by molar-refractivity contribution is 6.31. The molecule has 0 spiro atoms. The number of ether oxygens (including phenoxy) is 2. The molecular weight excluding hydrogens is 709 g/mol. The predicted molar refractivity (Wildman–Crippen MR) is 220 cm³/mol. The van der Waals surface area contributed by atoms with E-state index in [1.54, 1.807) is 36.4 Å². The van der Waals surface area contributed by atoms with Gasteiger partial charge in [-0.2, -0.15) is 0 Å². The molecule has 0 aromatic heterocycles. The monoisotopic (exact) mass is 762 g/mol. The number of nitrogens with one attached hydrogen (secondary N) is 4. The van der Waals surface area contributed by atoms with Crippen molar-refractivity contribution in [2.75, 3.05) is 36.8 Å². The molecule has 4 aromatic rings. The van der Waals surface area contributed by atoms with Crippen LogP contribution in [-0.2, 0) is 22.4 Å². The number of anilines is 2. The quantitative estimate of drug-likeness (QED) is 0.0747. The zero-order valence-corrected chi connectivity index (χ0v) is 33.1. The predicted octanol–water partition coefficient (Wildman–Crippen LogP) is 5.01. The number of rotatable bonds is 16. The van der Waals surface area contributed by atoms with Gasteiger partial charge in [-0.05, 0) is 102 Å². The molecule has 8 N–H and O–H groups in total. The lowest BCUT2D eigenvalue weighted by atomic mass is 9.82. The lowest BCUT2D eigenvalue weighted by Crippen LogP contribution is -2.43. The lowest BCUT2D eigenvalue weighted by Gasteiger charge is -2.24. The second-order valence-electron chi connectivity index (χ2n) is 15.9. The molecule has 12 nitrogen and oxygen atoms in total. The number of carbonyl (C=O) groups excluding carboxylic acids is 4. The minimum atomic E-state index is -0.759. The second-order valence-corrected chi connectivity index (χ2v) is 15.9. The summed E-state index contributed by atoms with van der Waals surface area (Å²) >= 11 is 0. The maximum Gasteiger partial charge on any atom is 0.237 e. The van der Waals surface area contributed by atoms with E-state index in [0.717, 1.165) is 22.6 Å². The van der Waals surface area contributed by atoms with E-state index in [1.165, 1.54) is 0 Å². The van der Waals surface area contributed by atoms with Gasteiger partial charge in [0.25, 0.3) is 0 Å². The van der Waals surface area contributed by atoms with Crippen LogP contribution in [0.15, 0.2) is 84.9 Å². The van der Waals surface area contributed by atoms with Crippen LogP contribution in [0, 0.1) is 0 Å². The highest BCUT2D eigenvalue weighted by Gasteiger charge is 2.34. The van der Waals surface area contributed by atoms with E-state index in [1.807, 2.05) is 90.1 Å². The first kappa shape index (κ1) is 41.4. The van der Waals surface area contributed by atoms with Gasteiger partial charge in [0, 0.05) is 48.7 Å². The number of benzene rings is 4. The van der Waals surface area contributed by atoms with E-state index < -0.39 is 12.1 Å². The van der Waals surface area contributed by atoms with Gasteiger partial charge in [0.15, 0.2) is 11.6 Å². The lowest BCUT2D eigenvalue weighted by molar-refractivity contribution is -0.123. The third kappa shape index (κ3) is 11.2. The highest BCUT2D eigenvalue weighted by Crippen LogP contribution is 2.36. The van der Waals surface area contributed by atoms with Crippen molar-refractivity contribution in [3.05, 3.63) is 118 Å². The molecule has 0 unspecified atom stereocenters. The van der Waals surface area contributed by atoms with Crippen LogP contribution in [0.4, 0.5) is 11.4 Å². The van der Waals surface area contributed by atoms with Crippen LogP contribution in [-0.4, -0.2) is 72.8 Å². The Kier molecular flexibility index (Phi) is 13.2. The summed E-state index contributed by atoms with van der Waals surface area (Å²) in [6, 6.07) is 23.7. The molecule has 1 aliphatic rings. The molecule has 0 saturated carbocycles.